The van der Waals surface area contributed by atoms with Crippen LogP contribution in [0.25, 0.3) is 22.2 Å². The summed E-state index contributed by atoms with van der Waals surface area (Å²) in [6, 6.07) is 14.2. The summed E-state index contributed by atoms with van der Waals surface area (Å²) in [6.45, 7) is 8.67. The molecule has 0 spiro atoms. The monoisotopic (exact) mass is 381 g/mol. The van der Waals surface area contributed by atoms with E-state index in [0.717, 1.165) is 40.3 Å². The van der Waals surface area contributed by atoms with Gasteiger partial charge in [0.15, 0.2) is 0 Å². The van der Waals surface area contributed by atoms with E-state index in [4.69, 9.17) is 9.47 Å². The van der Waals surface area contributed by atoms with Crippen molar-refractivity contribution in [1.82, 2.24) is 14.9 Å². The number of nitrogens with one attached hydrogen (secondary N) is 1. The van der Waals surface area contributed by atoms with Gasteiger partial charge in [0, 0.05) is 6.54 Å². The van der Waals surface area contributed by atoms with E-state index in [0.29, 0.717) is 6.54 Å². The number of methoxy groups -OCH3 is 1. The summed E-state index contributed by atoms with van der Waals surface area (Å²) in [6.07, 6.45) is -0.443. The Morgan fingerprint density at radius 3 is 2.39 bits per heavy atom. The predicted octanol–water partition coefficient (Wildman–Crippen LogP) is 4.76. The second kappa shape index (κ2) is 7.92. The van der Waals surface area contributed by atoms with E-state index in [2.05, 4.69) is 33.9 Å². The third kappa shape index (κ3) is 4.44. The SMILES string of the molecule is CCn1c(CNC(=O)OC(C)(C)C)nc2ccc(-c3ccc(OC)cc3)cc21. The number of carbonyl (C=O) groups is 1. The van der Waals surface area contributed by atoms with Crippen molar-refractivity contribution < 1.29 is 14.3 Å². The minimum atomic E-state index is -0.526. The topological polar surface area (TPSA) is 65.4 Å². The van der Waals surface area contributed by atoms with E-state index in [1.54, 1.807) is 7.11 Å². The van der Waals surface area contributed by atoms with Crippen LogP contribution in [0.3, 0.4) is 0 Å². The highest BCUT2D eigenvalue weighted by atomic mass is 16.6. The van der Waals surface area contributed by atoms with Gasteiger partial charge in [-0.25, -0.2) is 9.78 Å². The minimum absolute atomic E-state index is 0.315. The highest BCUT2D eigenvalue weighted by Gasteiger charge is 2.17. The smallest absolute Gasteiger partial charge is 0.408 e. The van der Waals surface area contributed by atoms with Crippen molar-refractivity contribution in [2.24, 2.45) is 0 Å². The largest absolute Gasteiger partial charge is 0.497 e. The number of hydrogen-bond acceptors (Lipinski definition) is 4. The van der Waals surface area contributed by atoms with Crippen molar-refractivity contribution in [3.05, 3.63) is 48.3 Å². The molecule has 0 aliphatic carbocycles. The molecule has 1 heterocycles. The first-order valence-corrected chi connectivity index (χ1v) is 9.41. The van der Waals surface area contributed by atoms with Gasteiger partial charge in [-0.1, -0.05) is 18.2 Å². The summed E-state index contributed by atoms with van der Waals surface area (Å²) >= 11 is 0. The van der Waals surface area contributed by atoms with Crippen LogP contribution in [0.15, 0.2) is 42.5 Å². The van der Waals surface area contributed by atoms with Gasteiger partial charge in [-0.15, -0.1) is 0 Å². The molecular formula is C22H27N3O3. The van der Waals surface area contributed by atoms with Crippen LogP contribution >= 0.6 is 0 Å². The molecule has 3 rings (SSSR count). The molecule has 3 aromatic rings. The van der Waals surface area contributed by atoms with Crippen LogP contribution < -0.4 is 10.1 Å². The molecule has 6 heteroatoms. The highest BCUT2D eigenvalue weighted by Crippen LogP contribution is 2.27. The molecule has 1 amide bonds. The number of fused-ring (bicyclic) bond motifs is 1. The van der Waals surface area contributed by atoms with Crippen molar-refractivity contribution in [2.45, 2.75) is 46.4 Å². The number of aromatic nitrogens is 2. The van der Waals surface area contributed by atoms with Crippen LogP contribution in [0.2, 0.25) is 0 Å². The predicted molar refractivity (Wildman–Crippen MR) is 110 cm³/mol. The van der Waals surface area contributed by atoms with E-state index in [-0.39, 0.29) is 0 Å². The number of nitrogens with zero attached hydrogens (tertiary/aromatic N) is 2. The lowest BCUT2D eigenvalue weighted by Gasteiger charge is -2.19. The molecule has 6 nitrogen and oxygen atoms in total. The van der Waals surface area contributed by atoms with Crippen LogP contribution in [-0.2, 0) is 17.8 Å². The van der Waals surface area contributed by atoms with Crippen molar-refractivity contribution in [3.8, 4) is 16.9 Å². The minimum Gasteiger partial charge on any atom is -0.497 e. The molecule has 0 saturated carbocycles. The van der Waals surface area contributed by atoms with Crippen molar-refractivity contribution >= 4 is 17.1 Å². The van der Waals surface area contributed by atoms with Crippen molar-refractivity contribution in [2.75, 3.05) is 7.11 Å². The lowest BCUT2D eigenvalue weighted by Crippen LogP contribution is -2.32. The molecule has 0 atom stereocenters. The maximum absolute atomic E-state index is 12.0. The quantitative estimate of drug-likeness (QED) is 0.692. The summed E-state index contributed by atoms with van der Waals surface area (Å²) in [5.74, 6) is 1.63. The van der Waals surface area contributed by atoms with E-state index in [9.17, 15) is 4.79 Å². The summed E-state index contributed by atoms with van der Waals surface area (Å²) in [4.78, 5) is 16.6. The molecular weight excluding hydrogens is 354 g/mol. The van der Waals surface area contributed by atoms with Gasteiger partial charge in [0.05, 0.1) is 24.7 Å². The molecule has 0 aliphatic heterocycles. The highest BCUT2D eigenvalue weighted by molar-refractivity contribution is 5.83. The molecule has 1 aromatic heterocycles. The van der Waals surface area contributed by atoms with E-state index < -0.39 is 11.7 Å². The summed E-state index contributed by atoms with van der Waals surface area (Å²) in [5, 5.41) is 2.79. The number of alkyl carbamates (subject to hydrolysis) is 1. The standard InChI is InChI=1S/C22H27N3O3/c1-6-25-19-13-16(15-7-10-17(27-5)11-8-15)9-12-18(19)24-20(25)14-23-21(26)28-22(2,3)4/h7-13H,6,14H2,1-5H3,(H,23,26). The number of aryl methyl sites for hydroxylation is 1. The fourth-order valence-electron chi connectivity index (χ4n) is 3.09. The van der Waals surface area contributed by atoms with Gasteiger partial charge in [0.25, 0.3) is 0 Å². The summed E-state index contributed by atoms with van der Waals surface area (Å²) in [7, 11) is 1.66. The Morgan fingerprint density at radius 1 is 1.11 bits per heavy atom. The molecule has 0 unspecified atom stereocenters. The Balaban J connectivity index is 1.86. The molecule has 0 bridgehead atoms. The van der Waals surface area contributed by atoms with Gasteiger partial charge in [-0.3, -0.25) is 0 Å². The van der Waals surface area contributed by atoms with Crippen LogP contribution in [0.1, 0.15) is 33.5 Å². The van der Waals surface area contributed by atoms with Crippen LogP contribution in [0.5, 0.6) is 5.75 Å². The van der Waals surface area contributed by atoms with Gasteiger partial charge in [0.2, 0.25) is 0 Å². The Bertz CT molecular complexity index is 969. The number of carbonyl (C=O) groups excluding carboxylic acids is 1. The number of imidazole rings is 1. The average Bonchev–Trinajstić information content (AvgIpc) is 3.01. The number of amides is 1. The Kier molecular flexibility index (Phi) is 5.58. The van der Waals surface area contributed by atoms with Crippen molar-refractivity contribution in [3.63, 3.8) is 0 Å². The fraction of sp³-hybridized carbons (Fsp3) is 0.364. The van der Waals surface area contributed by atoms with E-state index in [1.165, 1.54) is 0 Å². The Hall–Kier alpha value is -3.02. The number of hydrogen-bond donors (Lipinski definition) is 1. The van der Waals surface area contributed by atoms with Gasteiger partial charge in [-0.2, -0.15) is 0 Å². The maximum Gasteiger partial charge on any atom is 0.408 e. The zero-order valence-electron chi connectivity index (χ0n) is 17.1. The first kappa shape index (κ1) is 19.7. The molecule has 0 fully saturated rings. The molecule has 28 heavy (non-hydrogen) atoms. The van der Waals surface area contributed by atoms with Gasteiger partial charge < -0.3 is 19.4 Å². The van der Waals surface area contributed by atoms with E-state index >= 15 is 0 Å². The van der Waals surface area contributed by atoms with Crippen LogP contribution in [-0.4, -0.2) is 28.4 Å². The number of benzene rings is 2. The lowest BCUT2D eigenvalue weighted by molar-refractivity contribution is 0.0521. The molecule has 0 saturated heterocycles. The third-order valence-corrected chi connectivity index (χ3v) is 4.36. The first-order valence-electron chi connectivity index (χ1n) is 9.41. The Morgan fingerprint density at radius 2 is 1.79 bits per heavy atom. The molecule has 2 aromatic carbocycles. The Labute approximate surface area is 165 Å². The van der Waals surface area contributed by atoms with Crippen LogP contribution in [0, 0.1) is 0 Å². The molecule has 148 valence electrons. The second-order valence-electron chi connectivity index (χ2n) is 7.56. The van der Waals surface area contributed by atoms with Gasteiger partial charge in [0.1, 0.15) is 17.2 Å². The average molecular weight is 381 g/mol. The number of rotatable bonds is 5. The zero-order chi connectivity index (χ0) is 20.3. The molecule has 0 aliphatic rings. The maximum atomic E-state index is 12.0. The fourth-order valence-corrected chi connectivity index (χ4v) is 3.09. The summed E-state index contributed by atoms with van der Waals surface area (Å²) in [5.41, 5.74) is 3.63. The second-order valence-corrected chi connectivity index (χ2v) is 7.56. The summed E-state index contributed by atoms with van der Waals surface area (Å²) < 4.78 is 12.6. The number of ether oxygens (including phenoxy) is 2. The van der Waals surface area contributed by atoms with Gasteiger partial charge >= 0.3 is 6.09 Å². The lowest BCUT2D eigenvalue weighted by atomic mass is 10.1. The van der Waals surface area contributed by atoms with E-state index in [1.807, 2.05) is 51.1 Å². The first-order chi connectivity index (χ1) is 13.3. The van der Waals surface area contributed by atoms with Crippen LogP contribution in [0.4, 0.5) is 4.79 Å². The molecule has 1 N–H and O–H groups in total. The van der Waals surface area contributed by atoms with Crippen molar-refractivity contribution in [1.29, 1.82) is 0 Å². The normalized spacial score (nSPS) is 11.5. The van der Waals surface area contributed by atoms with Gasteiger partial charge in [-0.05, 0) is 63.1 Å². The third-order valence-electron chi connectivity index (χ3n) is 4.36. The molecule has 0 radical (unpaired) electrons. The zero-order valence-corrected chi connectivity index (χ0v) is 17.1.